The highest BCUT2D eigenvalue weighted by Gasteiger charge is 2.28. The number of hydrogen-bond donors (Lipinski definition) is 1. The topological polar surface area (TPSA) is 60.9 Å². The molecule has 0 aromatic rings. The highest BCUT2D eigenvalue weighted by Crippen LogP contribution is 2.27. The van der Waals surface area contributed by atoms with Gasteiger partial charge >= 0.3 is 12.0 Å². The van der Waals surface area contributed by atoms with Crippen LogP contribution in [0.15, 0.2) is 0 Å². The molecular weight excluding hydrogens is 220 g/mol. The van der Waals surface area contributed by atoms with Crippen molar-refractivity contribution in [3.8, 4) is 0 Å². The van der Waals surface area contributed by atoms with Crippen molar-refractivity contribution in [2.75, 3.05) is 20.6 Å². The summed E-state index contributed by atoms with van der Waals surface area (Å²) < 4.78 is 0. The quantitative estimate of drug-likeness (QED) is 0.797. The molecule has 0 spiro atoms. The lowest BCUT2D eigenvalue weighted by atomic mass is 9.85. The summed E-state index contributed by atoms with van der Waals surface area (Å²) in [6.45, 7) is 2.51. The molecule has 0 radical (unpaired) electrons. The first-order valence-corrected chi connectivity index (χ1v) is 6.18. The number of urea groups is 1. The van der Waals surface area contributed by atoms with Gasteiger partial charge in [-0.1, -0.05) is 13.3 Å². The second kappa shape index (κ2) is 5.89. The van der Waals surface area contributed by atoms with Crippen molar-refractivity contribution in [1.82, 2.24) is 9.80 Å². The SMILES string of the molecule is CCC(C(=O)O)N(C)C(=O)N(C)CC1CCC1. The molecule has 0 bridgehead atoms. The van der Waals surface area contributed by atoms with Crippen LogP contribution in [-0.2, 0) is 4.79 Å². The Bertz CT molecular complexity index is 289. The summed E-state index contributed by atoms with van der Waals surface area (Å²) in [4.78, 5) is 25.9. The first kappa shape index (κ1) is 13.8. The van der Waals surface area contributed by atoms with Gasteiger partial charge in [0.1, 0.15) is 6.04 Å². The third-order valence-electron chi connectivity index (χ3n) is 3.52. The molecule has 5 heteroatoms. The Hall–Kier alpha value is -1.26. The van der Waals surface area contributed by atoms with Gasteiger partial charge in [0, 0.05) is 20.6 Å². The second-order valence-electron chi connectivity index (χ2n) is 4.83. The van der Waals surface area contributed by atoms with Crippen LogP contribution in [0.5, 0.6) is 0 Å². The van der Waals surface area contributed by atoms with E-state index in [0.717, 1.165) is 6.54 Å². The van der Waals surface area contributed by atoms with Crippen LogP contribution in [0.3, 0.4) is 0 Å². The first-order chi connectivity index (χ1) is 7.97. The fraction of sp³-hybridized carbons (Fsp3) is 0.833. The lowest BCUT2D eigenvalue weighted by Crippen LogP contribution is -2.49. The van der Waals surface area contributed by atoms with Crippen molar-refractivity contribution in [2.45, 2.75) is 38.6 Å². The molecule has 1 aliphatic carbocycles. The molecule has 1 N–H and O–H groups in total. The zero-order valence-electron chi connectivity index (χ0n) is 10.8. The Labute approximate surface area is 102 Å². The number of aliphatic carboxylic acids is 1. The third kappa shape index (κ3) is 3.35. The predicted molar refractivity (Wildman–Crippen MR) is 64.8 cm³/mol. The van der Waals surface area contributed by atoms with Gasteiger partial charge in [-0.2, -0.15) is 0 Å². The van der Waals surface area contributed by atoms with Crippen LogP contribution in [0.25, 0.3) is 0 Å². The summed E-state index contributed by atoms with van der Waals surface area (Å²) in [6.07, 6.45) is 4.03. The van der Waals surface area contributed by atoms with Crippen LogP contribution in [0.1, 0.15) is 32.6 Å². The number of carbonyl (C=O) groups is 2. The van der Waals surface area contributed by atoms with Crippen LogP contribution >= 0.6 is 0 Å². The number of nitrogens with zero attached hydrogens (tertiary/aromatic N) is 2. The van der Waals surface area contributed by atoms with Gasteiger partial charge in [0.25, 0.3) is 0 Å². The predicted octanol–water partition coefficient (Wildman–Crippen LogP) is 1.63. The molecule has 1 rings (SSSR count). The van der Waals surface area contributed by atoms with E-state index in [1.165, 1.54) is 24.2 Å². The van der Waals surface area contributed by atoms with Gasteiger partial charge in [0.2, 0.25) is 0 Å². The minimum absolute atomic E-state index is 0.203. The van der Waals surface area contributed by atoms with E-state index in [-0.39, 0.29) is 6.03 Å². The van der Waals surface area contributed by atoms with E-state index in [2.05, 4.69) is 0 Å². The maximum absolute atomic E-state index is 12.0. The summed E-state index contributed by atoms with van der Waals surface area (Å²) in [6, 6.07) is -0.933. The Balaban J connectivity index is 2.51. The Morgan fingerprint density at radius 1 is 1.35 bits per heavy atom. The molecule has 2 amide bonds. The van der Waals surface area contributed by atoms with Gasteiger partial charge in [-0.05, 0) is 25.2 Å². The minimum Gasteiger partial charge on any atom is -0.480 e. The fourth-order valence-corrected chi connectivity index (χ4v) is 2.16. The lowest BCUT2D eigenvalue weighted by molar-refractivity contribution is -0.142. The van der Waals surface area contributed by atoms with E-state index in [1.807, 2.05) is 0 Å². The van der Waals surface area contributed by atoms with E-state index in [0.29, 0.717) is 12.3 Å². The monoisotopic (exact) mass is 242 g/mol. The molecule has 0 heterocycles. The van der Waals surface area contributed by atoms with Crippen molar-refractivity contribution >= 4 is 12.0 Å². The zero-order valence-corrected chi connectivity index (χ0v) is 10.8. The molecule has 0 saturated heterocycles. The Kier molecular flexibility index (Phi) is 4.78. The van der Waals surface area contributed by atoms with Crippen LogP contribution in [-0.4, -0.2) is 53.6 Å². The summed E-state index contributed by atoms with van der Waals surface area (Å²) in [5.41, 5.74) is 0. The normalized spacial score (nSPS) is 17.1. The zero-order chi connectivity index (χ0) is 13.0. The summed E-state index contributed by atoms with van der Waals surface area (Å²) in [5.74, 6) is -0.345. The molecular formula is C12H22N2O3. The van der Waals surface area contributed by atoms with Gasteiger partial charge in [0.05, 0.1) is 0 Å². The van der Waals surface area contributed by atoms with E-state index in [9.17, 15) is 9.59 Å². The molecule has 1 saturated carbocycles. The molecule has 0 aromatic carbocycles. The average molecular weight is 242 g/mol. The number of carboxylic acids is 1. The van der Waals surface area contributed by atoms with E-state index >= 15 is 0 Å². The average Bonchev–Trinajstić information content (AvgIpc) is 2.22. The van der Waals surface area contributed by atoms with Crippen molar-refractivity contribution in [3.63, 3.8) is 0 Å². The second-order valence-corrected chi connectivity index (χ2v) is 4.83. The van der Waals surface area contributed by atoms with Crippen LogP contribution in [0.2, 0.25) is 0 Å². The maximum atomic E-state index is 12.0. The fourth-order valence-electron chi connectivity index (χ4n) is 2.16. The van der Waals surface area contributed by atoms with E-state index < -0.39 is 12.0 Å². The largest absolute Gasteiger partial charge is 0.480 e. The number of likely N-dealkylation sites (N-methyl/N-ethyl adjacent to an activating group) is 1. The molecule has 1 fully saturated rings. The number of amides is 2. The molecule has 5 nitrogen and oxygen atoms in total. The highest BCUT2D eigenvalue weighted by atomic mass is 16.4. The molecule has 0 aromatic heterocycles. The number of hydrogen-bond acceptors (Lipinski definition) is 2. The molecule has 1 unspecified atom stereocenters. The van der Waals surface area contributed by atoms with Crippen molar-refractivity contribution < 1.29 is 14.7 Å². The van der Waals surface area contributed by atoms with Crippen LogP contribution in [0.4, 0.5) is 4.79 Å². The van der Waals surface area contributed by atoms with Crippen molar-refractivity contribution in [2.24, 2.45) is 5.92 Å². The molecule has 17 heavy (non-hydrogen) atoms. The van der Waals surface area contributed by atoms with Crippen LogP contribution < -0.4 is 0 Å². The Morgan fingerprint density at radius 2 is 1.94 bits per heavy atom. The number of carboxylic acid groups (broad SMARTS) is 1. The van der Waals surface area contributed by atoms with Crippen LogP contribution in [0, 0.1) is 5.92 Å². The van der Waals surface area contributed by atoms with Gasteiger partial charge in [-0.25, -0.2) is 9.59 Å². The van der Waals surface area contributed by atoms with E-state index in [4.69, 9.17) is 5.11 Å². The molecule has 98 valence electrons. The van der Waals surface area contributed by atoms with Crippen molar-refractivity contribution in [3.05, 3.63) is 0 Å². The molecule has 0 aliphatic heterocycles. The Morgan fingerprint density at radius 3 is 2.29 bits per heavy atom. The standard InChI is InChI=1S/C12H22N2O3/c1-4-10(11(15)16)14(3)12(17)13(2)8-9-6-5-7-9/h9-10H,4-8H2,1-3H3,(H,15,16). The van der Waals surface area contributed by atoms with Gasteiger partial charge < -0.3 is 14.9 Å². The van der Waals surface area contributed by atoms with E-state index in [1.54, 1.807) is 25.9 Å². The smallest absolute Gasteiger partial charge is 0.326 e. The number of rotatable bonds is 5. The summed E-state index contributed by atoms with van der Waals surface area (Å²) >= 11 is 0. The van der Waals surface area contributed by atoms with Gasteiger partial charge in [-0.3, -0.25) is 0 Å². The summed E-state index contributed by atoms with van der Waals surface area (Å²) in [5, 5.41) is 9.00. The minimum atomic E-state index is -0.944. The van der Waals surface area contributed by atoms with Gasteiger partial charge in [-0.15, -0.1) is 0 Å². The first-order valence-electron chi connectivity index (χ1n) is 6.18. The summed E-state index contributed by atoms with van der Waals surface area (Å²) in [7, 11) is 3.30. The van der Waals surface area contributed by atoms with Crippen molar-refractivity contribution in [1.29, 1.82) is 0 Å². The molecule has 1 aliphatic rings. The number of carbonyl (C=O) groups excluding carboxylic acids is 1. The lowest BCUT2D eigenvalue weighted by Gasteiger charge is -2.33. The van der Waals surface area contributed by atoms with Gasteiger partial charge in [0.15, 0.2) is 0 Å². The highest BCUT2D eigenvalue weighted by molar-refractivity contribution is 5.82. The maximum Gasteiger partial charge on any atom is 0.326 e. The third-order valence-corrected chi connectivity index (χ3v) is 3.52. The molecule has 1 atom stereocenters.